The van der Waals surface area contributed by atoms with Gasteiger partial charge in [0.2, 0.25) is 11.8 Å². The normalized spacial score (nSPS) is 24.3. The Morgan fingerprint density at radius 1 is 1.61 bits per heavy atom. The maximum atomic E-state index is 13.1. The highest BCUT2D eigenvalue weighted by Crippen LogP contribution is 2.43. The van der Waals surface area contributed by atoms with Gasteiger partial charge in [-0.1, -0.05) is 5.16 Å². The summed E-state index contributed by atoms with van der Waals surface area (Å²) in [6.07, 6.45) is 0.620. The lowest BCUT2D eigenvalue weighted by Gasteiger charge is -2.06. The van der Waals surface area contributed by atoms with E-state index in [1.807, 2.05) is 0 Å². The second kappa shape index (κ2) is 5.27. The van der Waals surface area contributed by atoms with Gasteiger partial charge >= 0.3 is 0 Å². The third kappa shape index (κ3) is 3.02. The van der Waals surface area contributed by atoms with E-state index in [-0.39, 0.29) is 24.7 Å². The molecule has 1 aromatic rings. The summed E-state index contributed by atoms with van der Waals surface area (Å²) >= 11 is 0. The molecule has 0 aromatic carbocycles. The van der Waals surface area contributed by atoms with Gasteiger partial charge < -0.3 is 15.0 Å². The van der Waals surface area contributed by atoms with E-state index in [4.69, 9.17) is 15.0 Å². The highest BCUT2D eigenvalue weighted by molar-refractivity contribution is 5.03. The van der Waals surface area contributed by atoms with E-state index in [9.17, 15) is 8.78 Å². The molecule has 1 saturated carbocycles. The van der Waals surface area contributed by atoms with Crippen molar-refractivity contribution in [2.24, 2.45) is 5.73 Å². The smallest absolute Gasteiger partial charge is 0.248 e. The van der Waals surface area contributed by atoms with Crippen molar-refractivity contribution in [1.29, 1.82) is 0 Å². The maximum Gasteiger partial charge on any atom is 0.248 e. The van der Waals surface area contributed by atoms with Crippen LogP contribution in [0, 0.1) is 0 Å². The predicted octanol–water partition coefficient (Wildman–Crippen LogP) is 2.01. The summed E-state index contributed by atoms with van der Waals surface area (Å²) in [4.78, 5) is 4.12. The molecule has 7 heteroatoms. The first kappa shape index (κ1) is 13.4. The highest BCUT2D eigenvalue weighted by atomic mass is 19.3. The van der Waals surface area contributed by atoms with Crippen molar-refractivity contribution < 1.29 is 18.0 Å². The van der Waals surface area contributed by atoms with Crippen LogP contribution in [0.1, 0.15) is 49.4 Å². The number of aromatic nitrogens is 2. The van der Waals surface area contributed by atoms with Crippen molar-refractivity contribution in [1.82, 2.24) is 10.1 Å². The number of alkyl halides is 2. The Morgan fingerprint density at radius 2 is 2.39 bits per heavy atom. The van der Waals surface area contributed by atoms with Crippen LogP contribution < -0.4 is 5.73 Å². The number of hydrogen-bond acceptors (Lipinski definition) is 5. The Labute approximate surface area is 104 Å². The van der Waals surface area contributed by atoms with E-state index in [1.54, 1.807) is 7.11 Å². The lowest BCUT2D eigenvalue weighted by Crippen LogP contribution is -2.13. The van der Waals surface area contributed by atoms with Crippen molar-refractivity contribution in [3.05, 3.63) is 11.7 Å². The van der Waals surface area contributed by atoms with E-state index in [1.165, 1.54) is 0 Å². The van der Waals surface area contributed by atoms with Gasteiger partial charge in [0.25, 0.3) is 0 Å². The minimum atomic E-state index is -2.61. The summed E-state index contributed by atoms with van der Waals surface area (Å²) < 4.78 is 36.1. The van der Waals surface area contributed by atoms with Crippen LogP contribution in [0.2, 0.25) is 0 Å². The molecule has 0 amide bonds. The molecule has 5 nitrogen and oxygen atoms in total. The Kier molecular flexibility index (Phi) is 3.91. The molecule has 2 atom stereocenters. The number of hydrogen-bond donors (Lipinski definition) is 1. The Balaban J connectivity index is 1.98. The van der Waals surface area contributed by atoms with E-state index in [0.717, 1.165) is 0 Å². The zero-order chi connectivity index (χ0) is 13.2. The second-order valence-electron chi connectivity index (χ2n) is 4.67. The first-order valence-electron chi connectivity index (χ1n) is 5.97. The Hall–Kier alpha value is -1.08. The zero-order valence-corrected chi connectivity index (χ0v) is 10.2. The van der Waals surface area contributed by atoms with Crippen LogP contribution in [-0.2, 0) is 4.74 Å². The van der Waals surface area contributed by atoms with Crippen molar-refractivity contribution in [2.45, 2.75) is 43.6 Å². The van der Waals surface area contributed by atoms with Gasteiger partial charge in [0, 0.05) is 32.5 Å². The molecule has 102 valence electrons. The molecule has 1 heterocycles. The molecule has 2 N–H and O–H groups in total. The van der Waals surface area contributed by atoms with Crippen molar-refractivity contribution in [3.8, 4) is 0 Å². The van der Waals surface area contributed by atoms with Gasteiger partial charge in [-0.2, -0.15) is 4.98 Å². The minimum Gasteiger partial charge on any atom is -0.385 e. The summed E-state index contributed by atoms with van der Waals surface area (Å²) in [5.74, 6) is -2.30. The van der Waals surface area contributed by atoms with Crippen LogP contribution in [-0.4, -0.2) is 29.8 Å². The number of ether oxygens (including phenoxy) is 1. The summed E-state index contributed by atoms with van der Waals surface area (Å²) in [6, 6.07) is -0.409. The standard InChI is InChI=1S/C11H17F2N3O2/c1-17-5-3-8(14)10-15-9(16-18-10)7-2-4-11(12,13)6-7/h7-8H,2-6,14H2,1H3. The molecule has 2 unspecified atom stereocenters. The van der Waals surface area contributed by atoms with E-state index < -0.39 is 12.0 Å². The molecule has 0 spiro atoms. The average molecular weight is 261 g/mol. The first-order chi connectivity index (χ1) is 8.52. The number of nitrogens with zero attached hydrogens (tertiary/aromatic N) is 2. The quantitative estimate of drug-likeness (QED) is 0.877. The Morgan fingerprint density at radius 3 is 3.00 bits per heavy atom. The van der Waals surface area contributed by atoms with Crippen LogP contribution >= 0.6 is 0 Å². The average Bonchev–Trinajstić information content (AvgIpc) is 2.92. The molecular formula is C11H17F2N3O2. The van der Waals surface area contributed by atoms with E-state index in [2.05, 4.69) is 10.1 Å². The fraction of sp³-hybridized carbons (Fsp3) is 0.818. The molecule has 2 rings (SSSR count). The molecular weight excluding hydrogens is 244 g/mol. The molecule has 18 heavy (non-hydrogen) atoms. The van der Waals surface area contributed by atoms with Crippen LogP contribution in [0.4, 0.5) is 8.78 Å². The third-order valence-electron chi connectivity index (χ3n) is 3.18. The van der Waals surface area contributed by atoms with Crippen LogP contribution in [0.5, 0.6) is 0 Å². The van der Waals surface area contributed by atoms with Crippen molar-refractivity contribution in [3.63, 3.8) is 0 Å². The lowest BCUT2D eigenvalue weighted by molar-refractivity contribution is 0.00749. The van der Waals surface area contributed by atoms with E-state index >= 15 is 0 Å². The summed E-state index contributed by atoms with van der Waals surface area (Å²) in [6.45, 7) is 0.486. The SMILES string of the molecule is COCCC(N)c1nc(C2CCC(F)(F)C2)no1. The molecule has 0 bridgehead atoms. The van der Waals surface area contributed by atoms with Gasteiger partial charge in [-0.25, -0.2) is 8.78 Å². The molecule has 1 aliphatic carbocycles. The zero-order valence-electron chi connectivity index (χ0n) is 10.2. The van der Waals surface area contributed by atoms with Gasteiger partial charge in [0.05, 0.1) is 6.04 Å². The number of rotatable bonds is 5. The minimum absolute atomic E-state index is 0.114. The Bertz CT molecular complexity index is 397. The lowest BCUT2D eigenvalue weighted by atomic mass is 10.1. The predicted molar refractivity (Wildman–Crippen MR) is 59.3 cm³/mol. The summed E-state index contributed by atoms with van der Waals surface area (Å²) in [7, 11) is 1.58. The molecule has 1 fully saturated rings. The van der Waals surface area contributed by atoms with Crippen molar-refractivity contribution >= 4 is 0 Å². The largest absolute Gasteiger partial charge is 0.385 e. The van der Waals surface area contributed by atoms with E-state index in [0.29, 0.717) is 25.3 Å². The van der Waals surface area contributed by atoms with Crippen LogP contribution in [0.25, 0.3) is 0 Å². The topological polar surface area (TPSA) is 74.2 Å². The van der Waals surface area contributed by atoms with Gasteiger partial charge in [-0.15, -0.1) is 0 Å². The third-order valence-corrected chi connectivity index (χ3v) is 3.18. The van der Waals surface area contributed by atoms with Gasteiger partial charge in [0.15, 0.2) is 5.82 Å². The summed E-state index contributed by atoms with van der Waals surface area (Å²) in [5, 5.41) is 3.75. The number of nitrogens with two attached hydrogens (primary N) is 1. The van der Waals surface area contributed by atoms with Gasteiger partial charge in [-0.05, 0) is 12.8 Å². The van der Waals surface area contributed by atoms with Crippen LogP contribution in [0.15, 0.2) is 4.52 Å². The van der Waals surface area contributed by atoms with Gasteiger partial charge in [-0.3, -0.25) is 0 Å². The molecule has 0 saturated heterocycles. The first-order valence-corrected chi connectivity index (χ1v) is 5.97. The molecule has 0 radical (unpaired) electrons. The summed E-state index contributed by atoms with van der Waals surface area (Å²) in [5.41, 5.74) is 5.82. The maximum absolute atomic E-state index is 13.1. The fourth-order valence-corrected chi connectivity index (χ4v) is 2.10. The number of halogens is 2. The van der Waals surface area contributed by atoms with Gasteiger partial charge in [0.1, 0.15) is 0 Å². The highest BCUT2D eigenvalue weighted by Gasteiger charge is 2.42. The molecule has 0 aliphatic heterocycles. The monoisotopic (exact) mass is 261 g/mol. The molecule has 1 aromatic heterocycles. The van der Waals surface area contributed by atoms with Crippen LogP contribution in [0.3, 0.4) is 0 Å². The van der Waals surface area contributed by atoms with Crippen molar-refractivity contribution in [2.75, 3.05) is 13.7 Å². The molecule has 1 aliphatic rings. The number of methoxy groups -OCH3 is 1. The fourth-order valence-electron chi connectivity index (χ4n) is 2.10. The second-order valence-corrected chi connectivity index (χ2v) is 4.67.